The highest BCUT2D eigenvalue weighted by atomic mass is 35.5. The lowest BCUT2D eigenvalue weighted by Crippen LogP contribution is -2.37. The molecule has 1 aromatic heterocycles. The van der Waals surface area contributed by atoms with Gasteiger partial charge in [-0.3, -0.25) is 14.2 Å². The van der Waals surface area contributed by atoms with Crippen LogP contribution in [-0.4, -0.2) is 27.5 Å². The van der Waals surface area contributed by atoms with Crippen LogP contribution >= 0.6 is 11.6 Å². The van der Waals surface area contributed by atoms with Crippen molar-refractivity contribution in [2.24, 2.45) is 5.92 Å². The minimum atomic E-state index is -0.491. The summed E-state index contributed by atoms with van der Waals surface area (Å²) in [5.41, 5.74) is 1.92. The highest BCUT2D eigenvalue weighted by Gasteiger charge is 2.27. The molecular weight excluding hydrogens is 474 g/mol. The molecule has 4 aromatic rings. The zero-order valence-electron chi connectivity index (χ0n) is 20.9. The van der Waals surface area contributed by atoms with Crippen molar-refractivity contribution in [3.05, 3.63) is 99.6 Å². The molecule has 0 N–H and O–H groups in total. The first kappa shape index (κ1) is 25.5. The van der Waals surface area contributed by atoms with Gasteiger partial charge in [-0.05, 0) is 60.9 Å². The molecule has 0 spiro atoms. The number of ether oxygens (including phenoxy) is 1. The van der Waals surface area contributed by atoms with E-state index in [4.69, 9.17) is 21.3 Å². The number of methoxy groups -OCH3 is 1. The zero-order chi connectivity index (χ0) is 25.8. The molecule has 1 amide bonds. The molecule has 186 valence electrons. The van der Waals surface area contributed by atoms with Gasteiger partial charge in [-0.1, -0.05) is 55.8 Å². The normalized spacial score (nSPS) is 12.1. The van der Waals surface area contributed by atoms with E-state index in [1.165, 1.54) is 0 Å². The maximum Gasteiger partial charge on any atom is 0.266 e. The summed E-state index contributed by atoms with van der Waals surface area (Å²) in [7, 11) is 1.60. The Morgan fingerprint density at radius 3 is 2.36 bits per heavy atom. The smallest absolute Gasteiger partial charge is 0.266 e. The Labute approximate surface area is 216 Å². The van der Waals surface area contributed by atoms with E-state index < -0.39 is 6.04 Å². The molecule has 1 heterocycles. The largest absolute Gasteiger partial charge is 0.497 e. The fraction of sp³-hybridized carbons (Fsp3) is 0.276. The quantitative estimate of drug-likeness (QED) is 0.288. The summed E-state index contributed by atoms with van der Waals surface area (Å²) in [6.07, 6.45) is 0.392. The van der Waals surface area contributed by atoms with Crippen molar-refractivity contribution in [3.63, 3.8) is 0 Å². The third-order valence-corrected chi connectivity index (χ3v) is 6.36. The summed E-state index contributed by atoms with van der Waals surface area (Å²) in [6.45, 7) is 6.36. The number of aromatic nitrogens is 2. The molecule has 0 aliphatic heterocycles. The molecule has 3 aromatic carbocycles. The number of halogens is 1. The highest BCUT2D eigenvalue weighted by molar-refractivity contribution is 6.31. The van der Waals surface area contributed by atoms with E-state index in [2.05, 4.69) is 0 Å². The number of hydrogen-bond donors (Lipinski definition) is 0. The number of amides is 1. The van der Waals surface area contributed by atoms with E-state index in [1.54, 1.807) is 46.9 Å². The van der Waals surface area contributed by atoms with Crippen LogP contribution in [0, 0.1) is 5.92 Å². The van der Waals surface area contributed by atoms with Gasteiger partial charge in [-0.2, -0.15) is 0 Å². The molecule has 4 rings (SSSR count). The molecule has 0 bridgehead atoms. The highest BCUT2D eigenvalue weighted by Crippen LogP contribution is 2.27. The van der Waals surface area contributed by atoms with Crippen LogP contribution in [0.3, 0.4) is 0 Å². The van der Waals surface area contributed by atoms with Gasteiger partial charge in [0.25, 0.3) is 5.56 Å². The van der Waals surface area contributed by atoms with Crippen LogP contribution in [-0.2, 0) is 11.3 Å². The fourth-order valence-electron chi connectivity index (χ4n) is 4.26. The monoisotopic (exact) mass is 503 g/mol. The second-order valence-electron chi connectivity index (χ2n) is 9.25. The molecule has 0 saturated carbocycles. The van der Waals surface area contributed by atoms with Crippen LogP contribution < -0.4 is 10.3 Å². The van der Waals surface area contributed by atoms with Crippen molar-refractivity contribution in [2.45, 2.75) is 39.8 Å². The van der Waals surface area contributed by atoms with Gasteiger partial charge < -0.3 is 9.64 Å². The van der Waals surface area contributed by atoms with Crippen LogP contribution in [0.4, 0.5) is 0 Å². The summed E-state index contributed by atoms with van der Waals surface area (Å²) in [6, 6.07) is 21.6. The third kappa shape index (κ3) is 5.44. The molecule has 1 atom stereocenters. The number of hydrogen-bond acceptors (Lipinski definition) is 4. The standard InChI is InChI=1S/C29H30ClN3O3/c1-19(2)16-27(34)32(18-21-8-6-5-7-9-21)20(3)28-31-26-17-22(30)10-15-25(26)29(35)33(28)23-11-13-24(36-4)14-12-23/h5-15,17,19-20H,16,18H2,1-4H3. The number of fused-ring (bicyclic) bond motifs is 1. The average molecular weight is 504 g/mol. The van der Waals surface area contributed by atoms with Crippen molar-refractivity contribution < 1.29 is 9.53 Å². The van der Waals surface area contributed by atoms with Gasteiger partial charge in [0, 0.05) is 18.0 Å². The molecule has 0 aliphatic carbocycles. The van der Waals surface area contributed by atoms with E-state index in [0.717, 1.165) is 5.56 Å². The van der Waals surface area contributed by atoms with Gasteiger partial charge in [0.05, 0.1) is 29.7 Å². The predicted molar refractivity (Wildman–Crippen MR) is 144 cm³/mol. The van der Waals surface area contributed by atoms with Gasteiger partial charge in [-0.15, -0.1) is 0 Å². The molecular formula is C29H30ClN3O3. The summed E-state index contributed by atoms with van der Waals surface area (Å²) in [5.74, 6) is 1.34. The van der Waals surface area contributed by atoms with E-state index in [0.29, 0.717) is 46.2 Å². The lowest BCUT2D eigenvalue weighted by Gasteiger charge is -2.31. The Bertz CT molecular complexity index is 1420. The maximum absolute atomic E-state index is 13.8. The summed E-state index contributed by atoms with van der Waals surface area (Å²) >= 11 is 6.24. The Morgan fingerprint density at radius 2 is 1.72 bits per heavy atom. The van der Waals surface area contributed by atoms with Crippen molar-refractivity contribution in [1.82, 2.24) is 14.5 Å². The SMILES string of the molecule is COc1ccc(-n2c(C(C)N(Cc3ccccc3)C(=O)CC(C)C)nc3cc(Cl)ccc3c2=O)cc1. The second-order valence-corrected chi connectivity index (χ2v) is 9.69. The topological polar surface area (TPSA) is 64.4 Å². The first-order valence-corrected chi connectivity index (χ1v) is 12.4. The molecule has 1 unspecified atom stereocenters. The molecule has 6 nitrogen and oxygen atoms in total. The summed E-state index contributed by atoms with van der Waals surface area (Å²) in [4.78, 5) is 34.0. The lowest BCUT2D eigenvalue weighted by atomic mass is 10.1. The van der Waals surface area contributed by atoms with Gasteiger partial charge in [0.2, 0.25) is 5.91 Å². The van der Waals surface area contributed by atoms with E-state index in [9.17, 15) is 9.59 Å². The van der Waals surface area contributed by atoms with E-state index >= 15 is 0 Å². The molecule has 0 radical (unpaired) electrons. The fourth-order valence-corrected chi connectivity index (χ4v) is 4.43. The van der Waals surface area contributed by atoms with Gasteiger partial charge in [-0.25, -0.2) is 4.98 Å². The number of carbonyl (C=O) groups is 1. The van der Waals surface area contributed by atoms with Crippen LogP contribution in [0.25, 0.3) is 16.6 Å². The van der Waals surface area contributed by atoms with Crippen LogP contribution in [0.15, 0.2) is 77.6 Å². The van der Waals surface area contributed by atoms with Crippen LogP contribution in [0.5, 0.6) is 5.75 Å². The van der Waals surface area contributed by atoms with Crippen LogP contribution in [0.2, 0.25) is 5.02 Å². The minimum absolute atomic E-state index is 0.00285. The first-order valence-electron chi connectivity index (χ1n) is 12.0. The number of rotatable bonds is 8. The number of benzene rings is 3. The third-order valence-electron chi connectivity index (χ3n) is 6.13. The molecule has 0 saturated heterocycles. The first-order chi connectivity index (χ1) is 17.3. The Morgan fingerprint density at radius 1 is 1.03 bits per heavy atom. The molecule has 7 heteroatoms. The summed E-state index contributed by atoms with van der Waals surface area (Å²) in [5, 5.41) is 0.946. The summed E-state index contributed by atoms with van der Waals surface area (Å²) < 4.78 is 6.88. The van der Waals surface area contributed by atoms with Crippen LogP contribution in [0.1, 0.15) is 44.6 Å². The maximum atomic E-state index is 13.8. The van der Waals surface area contributed by atoms with Crippen molar-refractivity contribution in [3.8, 4) is 11.4 Å². The van der Waals surface area contributed by atoms with Crippen molar-refractivity contribution in [2.75, 3.05) is 7.11 Å². The van der Waals surface area contributed by atoms with Gasteiger partial charge in [0.1, 0.15) is 11.6 Å². The molecule has 0 aliphatic rings. The van der Waals surface area contributed by atoms with Gasteiger partial charge >= 0.3 is 0 Å². The number of nitrogens with zero attached hydrogens (tertiary/aromatic N) is 3. The zero-order valence-corrected chi connectivity index (χ0v) is 21.7. The Hall–Kier alpha value is -3.64. The average Bonchev–Trinajstić information content (AvgIpc) is 2.87. The van der Waals surface area contributed by atoms with Gasteiger partial charge in [0.15, 0.2) is 0 Å². The Balaban J connectivity index is 1.91. The van der Waals surface area contributed by atoms with Crippen molar-refractivity contribution in [1.29, 1.82) is 0 Å². The Kier molecular flexibility index (Phi) is 7.75. The molecule has 0 fully saturated rings. The minimum Gasteiger partial charge on any atom is -0.497 e. The lowest BCUT2D eigenvalue weighted by molar-refractivity contribution is -0.135. The number of carbonyl (C=O) groups excluding carboxylic acids is 1. The van der Waals surface area contributed by atoms with E-state index in [1.807, 2.05) is 63.2 Å². The van der Waals surface area contributed by atoms with Crippen molar-refractivity contribution >= 4 is 28.4 Å². The van der Waals surface area contributed by atoms with E-state index in [-0.39, 0.29) is 17.4 Å². The molecule has 36 heavy (non-hydrogen) atoms. The second kappa shape index (κ2) is 11.0. The predicted octanol–water partition coefficient (Wildman–Crippen LogP) is 6.18.